The Morgan fingerprint density at radius 3 is 2.96 bits per heavy atom. The maximum atomic E-state index is 13.1. The first-order chi connectivity index (χ1) is 12.5. The van der Waals surface area contributed by atoms with Gasteiger partial charge in [-0.1, -0.05) is 11.6 Å². The van der Waals surface area contributed by atoms with Gasteiger partial charge in [-0.3, -0.25) is 0 Å². The van der Waals surface area contributed by atoms with Gasteiger partial charge in [0.1, 0.15) is 0 Å². The van der Waals surface area contributed by atoms with Crippen LogP contribution in [0.25, 0.3) is 0 Å². The van der Waals surface area contributed by atoms with E-state index < -0.39 is 5.60 Å². The summed E-state index contributed by atoms with van der Waals surface area (Å²) in [5.41, 5.74) is 0.865. The van der Waals surface area contributed by atoms with Gasteiger partial charge in [-0.25, -0.2) is 4.79 Å². The Kier molecular flexibility index (Phi) is 4.86. The SMILES string of the molecule is Cc1cc(Cl)ccc1NC(=O)N1C[C@@H]2COCC[C@]2(O)[C@H]2COCC[C@H]21. The highest BCUT2D eigenvalue weighted by molar-refractivity contribution is 6.30. The van der Waals surface area contributed by atoms with Crippen LogP contribution in [0.4, 0.5) is 10.5 Å². The fraction of sp³-hybridized carbons (Fsp3) is 0.632. The molecule has 1 aromatic rings. The summed E-state index contributed by atoms with van der Waals surface area (Å²) in [4.78, 5) is 14.9. The van der Waals surface area contributed by atoms with E-state index in [0.717, 1.165) is 17.7 Å². The second-order valence-corrected chi connectivity index (χ2v) is 8.03. The van der Waals surface area contributed by atoms with Crippen molar-refractivity contribution in [3.8, 4) is 0 Å². The maximum Gasteiger partial charge on any atom is 0.322 e. The van der Waals surface area contributed by atoms with E-state index in [0.29, 0.717) is 44.4 Å². The average Bonchev–Trinajstić information content (AvgIpc) is 2.63. The lowest BCUT2D eigenvalue weighted by Crippen LogP contribution is -2.69. The number of carbonyl (C=O) groups is 1. The quantitative estimate of drug-likeness (QED) is 0.785. The molecule has 4 rings (SSSR count). The smallest absolute Gasteiger partial charge is 0.322 e. The van der Waals surface area contributed by atoms with E-state index in [1.807, 2.05) is 24.0 Å². The van der Waals surface area contributed by atoms with E-state index in [1.54, 1.807) is 6.07 Å². The Morgan fingerprint density at radius 2 is 2.15 bits per heavy atom. The molecule has 0 saturated carbocycles. The molecule has 3 heterocycles. The highest BCUT2D eigenvalue weighted by Crippen LogP contribution is 2.44. The molecule has 3 aliphatic heterocycles. The van der Waals surface area contributed by atoms with Crippen LogP contribution in [0.15, 0.2) is 18.2 Å². The Bertz CT molecular complexity index is 700. The first kappa shape index (κ1) is 18.0. The zero-order chi connectivity index (χ0) is 18.3. The monoisotopic (exact) mass is 380 g/mol. The van der Waals surface area contributed by atoms with Gasteiger partial charge in [0.05, 0.1) is 18.8 Å². The summed E-state index contributed by atoms with van der Waals surface area (Å²) in [6.07, 6.45) is 1.35. The summed E-state index contributed by atoms with van der Waals surface area (Å²) >= 11 is 6.01. The largest absolute Gasteiger partial charge is 0.389 e. The number of rotatable bonds is 1. The molecule has 0 spiro atoms. The number of nitrogens with one attached hydrogen (secondary N) is 1. The number of piperidine rings is 1. The van der Waals surface area contributed by atoms with Crippen molar-refractivity contribution in [2.45, 2.75) is 31.4 Å². The molecule has 3 aliphatic rings. The van der Waals surface area contributed by atoms with Gasteiger partial charge in [0.25, 0.3) is 0 Å². The summed E-state index contributed by atoms with van der Waals surface area (Å²) in [6.45, 7) is 4.55. The standard InChI is InChI=1S/C19H25ClN2O4/c1-12-8-14(20)2-3-16(12)21-18(23)22-9-13-10-26-7-5-19(13,24)15-11-25-6-4-17(15)22/h2-3,8,13,15,17,24H,4-7,9-11H2,1H3,(H,21,23)/t13-,15+,17-,19-/m1/s1. The molecule has 6 nitrogen and oxygen atoms in total. The van der Waals surface area contributed by atoms with Crippen LogP contribution in [0, 0.1) is 18.8 Å². The molecule has 1 aromatic carbocycles. The number of amides is 2. The van der Waals surface area contributed by atoms with Gasteiger partial charge in [0, 0.05) is 54.8 Å². The molecule has 26 heavy (non-hydrogen) atoms. The topological polar surface area (TPSA) is 71.0 Å². The molecule has 0 radical (unpaired) electrons. The first-order valence-corrected chi connectivity index (χ1v) is 9.58. The Labute approximate surface area is 158 Å². The lowest BCUT2D eigenvalue weighted by molar-refractivity contribution is -0.211. The predicted octanol–water partition coefficient (Wildman–Crippen LogP) is 2.67. The second kappa shape index (κ2) is 7.00. The zero-order valence-corrected chi connectivity index (χ0v) is 15.7. The summed E-state index contributed by atoms with van der Waals surface area (Å²) in [6, 6.07) is 5.26. The molecule has 0 aromatic heterocycles. The van der Waals surface area contributed by atoms with Crippen LogP contribution in [0.3, 0.4) is 0 Å². The van der Waals surface area contributed by atoms with Crippen molar-refractivity contribution in [1.82, 2.24) is 4.90 Å². The average molecular weight is 381 g/mol. The number of hydrogen-bond acceptors (Lipinski definition) is 4. The van der Waals surface area contributed by atoms with Crippen molar-refractivity contribution < 1.29 is 19.4 Å². The normalized spacial score (nSPS) is 34.0. The van der Waals surface area contributed by atoms with Crippen molar-refractivity contribution in [2.75, 3.05) is 38.3 Å². The highest BCUT2D eigenvalue weighted by Gasteiger charge is 2.56. The van der Waals surface area contributed by atoms with E-state index in [9.17, 15) is 9.90 Å². The van der Waals surface area contributed by atoms with Crippen LogP contribution in [0.1, 0.15) is 18.4 Å². The lowest BCUT2D eigenvalue weighted by Gasteiger charge is -2.56. The number of halogens is 1. The zero-order valence-electron chi connectivity index (χ0n) is 14.9. The molecule has 4 atom stereocenters. The fourth-order valence-electron chi connectivity index (χ4n) is 4.65. The Balaban J connectivity index is 1.57. The van der Waals surface area contributed by atoms with Crippen LogP contribution >= 0.6 is 11.6 Å². The van der Waals surface area contributed by atoms with E-state index in [-0.39, 0.29) is 23.9 Å². The van der Waals surface area contributed by atoms with Gasteiger partial charge in [0.2, 0.25) is 0 Å². The molecule has 2 N–H and O–H groups in total. The van der Waals surface area contributed by atoms with E-state index in [2.05, 4.69) is 5.32 Å². The number of benzene rings is 1. The molecule has 3 fully saturated rings. The molecule has 0 unspecified atom stereocenters. The van der Waals surface area contributed by atoms with Crippen molar-refractivity contribution in [3.63, 3.8) is 0 Å². The van der Waals surface area contributed by atoms with Gasteiger partial charge < -0.3 is 24.8 Å². The van der Waals surface area contributed by atoms with E-state index in [1.165, 1.54) is 0 Å². The molecule has 0 bridgehead atoms. The van der Waals surface area contributed by atoms with E-state index in [4.69, 9.17) is 21.1 Å². The Morgan fingerprint density at radius 1 is 1.35 bits per heavy atom. The van der Waals surface area contributed by atoms with Crippen LogP contribution in [0.2, 0.25) is 5.02 Å². The minimum atomic E-state index is -0.809. The minimum absolute atomic E-state index is 0.0179. The third kappa shape index (κ3) is 3.09. The van der Waals surface area contributed by atoms with Crippen molar-refractivity contribution in [1.29, 1.82) is 0 Å². The number of urea groups is 1. The third-order valence-electron chi connectivity index (χ3n) is 6.14. The van der Waals surface area contributed by atoms with Gasteiger partial charge in [-0.05, 0) is 37.1 Å². The number of ether oxygens (including phenoxy) is 2. The summed E-state index contributed by atoms with van der Waals surface area (Å²) in [7, 11) is 0. The molecule has 2 amide bonds. The van der Waals surface area contributed by atoms with Gasteiger partial charge >= 0.3 is 6.03 Å². The summed E-state index contributed by atoms with van der Waals surface area (Å²) in [5, 5.41) is 15.0. The fourth-order valence-corrected chi connectivity index (χ4v) is 4.87. The molecule has 7 heteroatoms. The van der Waals surface area contributed by atoms with Crippen molar-refractivity contribution in [3.05, 3.63) is 28.8 Å². The van der Waals surface area contributed by atoms with Crippen LogP contribution in [-0.4, -0.2) is 60.7 Å². The second-order valence-electron chi connectivity index (χ2n) is 7.59. The van der Waals surface area contributed by atoms with Crippen molar-refractivity contribution in [2.24, 2.45) is 11.8 Å². The molecule has 0 aliphatic carbocycles. The Hall–Kier alpha value is -1.34. The third-order valence-corrected chi connectivity index (χ3v) is 6.38. The number of likely N-dealkylation sites (tertiary alicyclic amines) is 1. The van der Waals surface area contributed by atoms with Crippen LogP contribution in [-0.2, 0) is 9.47 Å². The number of anilines is 1. The van der Waals surface area contributed by atoms with Crippen LogP contribution in [0.5, 0.6) is 0 Å². The van der Waals surface area contributed by atoms with Gasteiger partial charge in [0.15, 0.2) is 0 Å². The van der Waals surface area contributed by atoms with E-state index >= 15 is 0 Å². The van der Waals surface area contributed by atoms with Crippen LogP contribution < -0.4 is 5.32 Å². The number of fused-ring (bicyclic) bond motifs is 3. The lowest BCUT2D eigenvalue weighted by atomic mass is 9.66. The first-order valence-electron chi connectivity index (χ1n) is 9.20. The van der Waals surface area contributed by atoms with Crippen molar-refractivity contribution >= 4 is 23.3 Å². The number of carbonyl (C=O) groups excluding carboxylic acids is 1. The summed E-state index contributed by atoms with van der Waals surface area (Å²) in [5.74, 6) is -0.160. The highest BCUT2D eigenvalue weighted by atomic mass is 35.5. The number of hydrogen-bond donors (Lipinski definition) is 2. The predicted molar refractivity (Wildman–Crippen MR) is 98.5 cm³/mol. The minimum Gasteiger partial charge on any atom is -0.389 e. The number of aliphatic hydroxyl groups is 1. The van der Waals surface area contributed by atoms with Gasteiger partial charge in [-0.2, -0.15) is 0 Å². The molecule has 142 valence electrons. The number of aryl methyl sites for hydroxylation is 1. The number of nitrogens with zero attached hydrogens (tertiary/aromatic N) is 1. The molecular weight excluding hydrogens is 356 g/mol. The maximum absolute atomic E-state index is 13.1. The van der Waals surface area contributed by atoms with Gasteiger partial charge in [-0.15, -0.1) is 0 Å². The molecule has 3 saturated heterocycles. The summed E-state index contributed by atoms with van der Waals surface area (Å²) < 4.78 is 11.2. The molecular formula is C19H25ClN2O4.